The fourth-order valence-corrected chi connectivity index (χ4v) is 2.84. The second-order valence-corrected chi connectivity index (χ2v) is 6.32. The molecule has 2 atom stereocenters. The molecule has 0 bridgehead atoms. The van der Waals surface area contributed by atoms with Crippen LogP contribution in [-0.2, 0) is 19.1 Å². The van der Waals surface area contributed by atoms with Gasteiger partial charge in [-0.2, -0.15) is 0 Å². The van der Waals surface area contributed by atoms with Crippen LogP contribution < -0.4 is 0 Å². The molecule has 0 saturated heterocycles. The minimum absolute atomic E-state index is 0.175. The van der Waals surface area contributed by atoms with E-state index in [0.29, 0.717) is 0 Å². The van der Waals surface area contributed by atoms with Crippen molar-refractivity contribution in [2.45, 2.75) is 31.1 Å². The van der Waals surface area contributed by atoms with Gasteiger partial charge in [-0.25, -0.2) is 9.59 Å². The van der Waals surface area contributed by atoms with Crippen molar-refractivity contribution in [1.82, 2.24) is 0 Å². The molecular weight excluding hydrogens is 284 g/mol. The molecule has 0 aromatic rings. The molecular formula is C13H20O4S2. The third-order valence-electron chi connectivity index (χ3n) is 1.89. The first-order valence-corrected chi connectivity index (χ1v) is 7.98. The summed E-state index contributed by atoms with van der Waals surface area (Å²) >= 11 is 3.12. The van der Waals surface area contributed by atoms with Crippen molar-refractivity contribution in [2.75, 3.05) is 11.5 Å². The van der Waals surface area contributed by atoms with E-state index in [0.717, 1.165) is 30.1 Å². The molecule has 0 spiro atoms. The highest BCUT2D eigenvalue weighted by molar-refractivity contribution is 8.00. The molecule has 0 saturated carbocycles. The lowest BCUT2D eigenvalue weighted by atomic mass is 10.6. The molecule has 0 aromatic heterocycles. The molecule has 19 heavy (non-hydrogen) atoms. The van der Waals surface area contributed by atoms with Crippen LogP contribution in [0.1, 0.15) is 20.3 Å². The summed E-state index contributed by atoms with van der Waals surface area (Å²) in [6, 6.07) is 0. The van der Waals surface area contributed by atoms with Gasteiger partial charge in [0.25, 0.3) is 0 Å². The third-order valence-corrected chi connectivity index (χ3v) is 4.07. The van der Waals surface area contributed by atoms with Gasteiger partial charge in [0.05, 0.1) is 0 Å². The number of esters is 2. The number of hydrogen-bond donors (Lipinski definition) is 0. The van der Waals surface area contributed by atoms with Gasteiger partial charge in [0.1, 0.15) is 10.9 Å². The van der Waals surface area contributed by atoms with Gasteiger partial charge in [0, 0.05) is 12.2 Å². The third kappa shape index (κ3) is 10.7. The van der Waals surface area contributed by atoms with Gasteiger partial charge < -0.3 is 9.47 Å². The molecule has 0 fully saturated rings. The Bertz CT molecular complexity index is 288. The second-order valence-electron chi connectivity index (χ2n) is 3.51. The number of rotatable bonds is 10. The highest BCUT2D eigenvalue weighted by Gasteiger charge is 2.08. The Balaban J connectivity index is 3.54. The molecule has 0 aliphatic carbocycles. The summed E-state index contributed by atoms with van der Waals surface area (Å²) in [4.78, 5) is 21.8. The number of carbonyl (C=O) groups is 2. The summed E-state index contributed by atoms with van der Waals surface area (Å²) in [5.74, 6) is 0.945. The predicted octanol–water partition coefficient (Wildman–Crippen LogP) is 2.99. The summed E-state index contributed by atoms with van der Waals surface area (Å²) in [6.45, 7) is 10.3. The number of hydrogen-bond acceptors (Lipinski definition) is 6. The highest BCUT2D eigenvalue weighted by atomic mass is 32.2. The molecule has 0 radical (unpaired) electrons. The largest absolute Gasteiger partial charge is 0.448 e. The smallest absolute Gasteiger partial charge is 0.331 e. The van der Waals surface area contributed by atoms with Crippen LogP contribution in [0.5, 0.6) is 0 Å². The lowest BCUT2D eigenvalue weighted by molar-refractivity contribution is -0.139. The normalized spacial score (nSPS) is 13.2. The molecule has 0 amide bonds. The Morgan fingerprint density at radius 2 is 1.37 bits per heavy atom. The summed E-state index contributed by atoms with van der Waals surface area (Å²) in [6.07, 6.45) is 3.26. The van der Waals surface area contributed by atoms with Crippen LogP contribution in [0.25, 0.3) is 0 Å². The summed E-state index contributed by atoms with van der Waals surface area (Å²) in [7, 11) is 0. The van der Waals surface area contributed by atoms with Gasteiger partial charge in [-0.3, -0.25) is 0 Å². The highest BCUT2D eigenvalue weighted by Crippen LogP contribution is 2.18. The monoisotopic (exact) mass is 304 g/mol. The van der Waals surface area contributed by atoms with Crippen molar-refractivity contribution in [2.24, 2.45) is 0 Å². The molecule has 0 aromatic carbocycles. The minimum atomic E-state index is -0.403. The van der Waals surface area contributed by atoms with E-state index in [9.17, 15) is 9.59 Å². The van der Waals surface area contributed by atoms with Crippen LogP contribution in [0.15, 0.2) is 25.3 Å². The maximum absolute atomic E-state index is 10.9. The predicted molar refractivity (Wildman–Crippen MR) is 81.0 cm³/mol. The van der Waals surface area contributed by atoms with Crippen LogP contribution in [0.3, 0.4) is 0 Å². The molecule has 4 nitrogen and oxygen atoms in total. The zero-order valence-electron chi connectivity index (χ0n) is 11.3. The number of carbonyl (C=O) groups excluding carboxylic acids is 2. The molecule has 108 valence electrons. The van der Waals surface area contributed by atoms with E-state index in [1.165, 1.54) is 0 Å². The van der Waals surface area contributed by atoms with Crippen LogP contribution in [0.2, 0.25) is 0 Å². The Labute approximate surface area is 123 Å². The average molecular weight is 304 g/mol. The van der Waals surface area contributed by atoms with Crippen LogP contribution in [0, 0.1) is 0 Å². The zero-order chi connectivity index (χ0) is 14.7. The minimum Gasteiger partial charge on any atom is -0.448 e. The Hall–Kier alpha value is -0.880. The van der Waals surface area contributed by atoms with E-state index < -0.39 is 11.9 Å². The van der Waals surface area contributed by atoms with E-state index in [-0.39, 0.29) is 10.9 Å². The molecule has 6 heteroatoms. The first-order chi connectivity index (χ1) is 8.99. The van der Waals surface area contributed by atoms with Crippen molar-refractivity contribution < 1.29 is 19.1 Å². The van der Waals surface area contributed by atoms with Gasteiger partial charge in [-0.15, -0.1) is 23.5 Å². The average Bonchev–Trinajstić information content (AvgIpc) is 2.37. The Morgan fingerprint density at radius 3 is 1.68 bits per heavy atom. The standard InChI is InChI=1S/C13H20O4S2/c1-5-12(14)16-10(3)18-8-7-9-19-11(4)17-13(15)6-2/h5-6,10-11H,1-2,7-9H2,3-4H3. The van der Waals surface area contributed by atoms with E-state index in [2.05, 4.69) is 13.2 Å². The van der Waals surface area contributed by atoms with Gasteiger partial charge in [0.2, 0.25) is 0 Å². The molecule has 0 N–H and O–H groups in total. The Kier molecular flexibility index (Phi) is 10.5. The van der Waals surface area contributed by atoms with Gasteiger partial charge >= 0.3 is 11.9 Å². The summed E-state index contributed by atoms with van der Waals surface area (Å²) in [5.41, 5.74) is -0.349. The van der Waals surface area contributed by atoms with Crippen molar-refractivity contribution in [1.29, 1.82) is 0 Å². The first kappa shape index (κ1) is 18.1. The molecule has 0 aliphatic rings. The lowest BCUT2D eigenvalue weighted by Gasteiger charge is -2.13. The Morgan fingerprint density at radius 1 is 1.00 bits per heavy atom. The lowest BCUT2D eigenvalue weighted by Crippen LogP contribution is -2.11. The SMILES string of the molecule is C=CC(=O)OC(C)SCCCSC(C)OC(=O)C=C. The summed E-state index contributed by atoms with van der Waals surface area (Å²) < 4.78 is 10.0. The molecule has 0 aliphatic heterocycles. The maximum Gasteiger partial charge on any atom is 0.331 e. The van der Waals surface area contributed by atoms with Gasteiger partial charge in [-0.1, -0.05) is 13.2 Å². The quantitative estimate of drug-likeness (QED) is 0.268. The van der Waals surface area contributed by atoms with Crippen LogP contribution >= 0.6 is 23.5 Å². The van der Waals surface area contributed by atoms with Crippen molar-refractivity contribution in [3.63, 3.8) is 0 Å². The zero-order valence-corrected chi connectivity index (χ0v) is 12.9. The molecule has 2 unspecified atom stereocenters. The van der Waals surface area contributed by atoms with E-state index in [1.807, 2.05) is 13.8 Å². The fourth-order valence-electron chi connectivity index (χ4n) is 1.05. The number of thioether (sulfide) groups is 2. The van der Waals surface area contributed by atoms with Crippen molar-refractivity contribution in [3.05, 3.63) is 25.3 Å². The topological polar surface area (TPSA) is 52.6 Å². The van der Waals surface area contributed by atoms with E-state index in [4.69, 9.17) is 9.47 Å². The van der Waals surface area contributed by atoms with Gasteiger partial charge in [0.15, 0.2) is 0 Å². The van der Waals surface area contributed by atoms with E-state index >= 15 is 0 Å². The van der Waals surface area contributed by atoms with Gasteiger partial charge in [-0.05, 0) is 31.8 Å². The second kappa shape index (κ2) is 11.0. The molecule has 0 heterocycles. The van der Waals surface area contributed by atoms with Crippen molar-refractivity contribution >= 4 is 35.5 Å². The summed E-state index contributed by atoms with van der Waals surface area (Å²) in [5, 5.41) is 0. The fraction of sp³-hybridized carbons (Fsp3) is 0.538. The van der Waals surface area contributed by atoms with Crippen molar-refractivity contribution in [3.8, 4) is 0 Å². The van der Waals surface area contributed by atoms with Crippen LogP contribution in [-0.4, -0.2) is 34.3 Å². The van der Waals surface area contributed by atoms with E-state index in [1.54, 1.807) is 23.5 Å². The maximum atomic E-state index is 10.9. The number of ether oxygens (including phenoxy) is 2. The first-order valence-electron chi connectivity index (χ1n) is 5.89. The van der Waals surface area contributed by atoms with Crippen LogP contribution in [0.4, 0.5) is 0 Å². The molecule has 0 rings (SSSR count).